The predicted molar refractivity (Wildman–Crippen MR) is 131 cm³/mol. The minimum absolute atomic E-state index is 0.228. The number of hydrogen-bond donors (Lipinski definition) is 1. The lowest BCUT2D eigenvalue weighted by atomic mass is 10.0. The number of ether oxygens (including phenoxy) is 1. The van der Waals surface area contributed by atoms with E-state index in [4.69, 9.17) is 9.84 Å². The average Bonchev–Trinajstić information content (AvgIpc) is 3.44. The summed E-state index contributed by atoms with van der Waals surface area (Å²) in [6.45, 7) is 3.82. The van der Waals surface area contributed by atoms with E-state index >= 15 is 0 Å². The molecule has 1 aliphatic rings. The van der Waals surface area contributed by atoms with Gasteiger partial charge in [0.25, 0.3) is 0 Å². The Bertz CT molecular complexity index is 1390. The quantitative estimate of drug-likeness (QED) is 0.426. The van der Waals surface area contributed by atoms with Gasteiger partial charge in [0, 0.05) is 11.8 Å². The molecule has 3 heterocycles. The van der Waals surface area contributed by atoms with Gasteiger partial charge in [-0.3, -0.25) is 4.79 Å². The van der Waals surface area contributed by atoms with Crippen molar-refractivity contribution in [2.24, 2.45) is 0 Å². The third-order valence-electron chi connectivity index (χ3n) is 6.22. The first-order valence-electron chi connectivity index (χ1n) is 11.7. The lowest BCUT2D eigenvalue weighted by Crippen LogP contribution is -2.44. The van der Waals surface area contributed by atoms with Crippen molar-refractivity contribution in [1.82, 2.24) is 24.6 Å². The molecule has 8 nitrogen and oxygen atoms in total. The number of amides is 2. The van der Waals surface area contributed by atoms with E-state index in [1.807, 2.05) is 64.8 Å². The lowest BCUT2D eigenvalue weighted by molar-refractivity contribution is -0.141. The molecule has 2 aromatic heterocycles. The zero-order chi connectivity index (χ0) is 25.2. The third kappa shape index (κ3) is 4.24. The Morgan fingerprint density at radius 3 is 2.56 bits per heavy atom. The Hall–Kier alpha value is -4.40. The zero-order valence-corrected chi connectivity index (χ0v) is 20.0. The van der Waals surface area contributed by atoms with Crippen LogP contribution < -0.4 is 5.32 Å². The van der Waals surface area contributed by atoms with Gasteiger partial charge in [-0.25, -0.2) is 13.9 Å². The molecule has 5 rings (SSSR count). The van der Waals surface area contributed by atoms with E-state index in [1.165, 1.54) is 12.1 Å². The van der Waals surface area contributed by atoms with Crippen LogP contribution >= 0.6 is 0 Å². The highest BCUT2D eigenvalue weighted by atomic mass is 19.1. The summed E-state index contributed by atoms with van der Waals surface area (Å²) in [7, 11) is 0. The number of carbonyl (C=O) groups excluding carboxylic acids is 2. The van der Waals surface area contributed by atoms with Crippen LogP contribution in [0.1, 0.15) is 35.5 Å². The molecule has 0 saturated heterocycles. The Kier molecular flexibility index (Phi) is 6.28. The molecule has 0 aliphatic carbocycles. The molecule has 1 N–H and O–H groups in total. The van der Waals surface area contributed by atoms with Crippen LogP contribution in [0.25, 0.3) is 11.5 Å². The second kappa shape index (κ2) is 9.69. The molecule has 1 atom stereocenters. The largest absolute Gasteiger partial charge is 0.465 e. The maximum Gasteiger partial charge on any atom is 0.325 e. The number of hydrogen-bond acceptors (Lipinski definition) is 4. The molecule has 9 heteroatoms. The molecule has 184 valence electrons. The smallest absolute Gasteiger partial charge is 0.325 e. The van der Waals surface area contributed by atoms with Crippen LogP contribution in [0, 0.1) is 12.7 Å². The molecule has 2 aromatic carbocycles. The van der Waals surface area contributed by atoms with Gasteiger partial charge in [-0.15, -0.1) is 0 Å². The first kappa shape index (κ1) is 23.3. The van der Waals surface area contributed by atoms with Gasteiger partial charge in [0.05, 0.1) is 36.3 Å². The van der Waals surface area contributed by atoms with E-state index in [2.05, 4.69) is 5.32 Å². The minimum atomic E-state index is -0.543. The highest BCUT2D eigenvalue weighted by Crippen LogP contribution is 2.38. The molecule has 1 aliphatic heterocycles. The van der Waals surface area contributed by atoms with Crippen LogP contribution in [0.4, 0.5) is 9.18 Å². The Morgan fingerprint density at radius 2 is 1.83 bits per heavy atom. The number of aromatic nitrogens is 3. The van der Waals surface area contributed by atoms with Crippen LogP contribution in [0.5, 0.6) is 0 Å². The van der Waals surface area contributed by atoms with E-state index in [-0.39, 0.29) is 25.5 Å². The monoisotopic (exact) mass is 487 g/mol. The number of esters is 1. The van der Waals surface area contributed by atoms with Crippen molar-refractivity contribution < 1.29 is 18.7 Å². The fourth-order valence-electron chi connectivity index (χ4n) is 4.61. The molecule has 4 aromatic rings. The van der Waals surface area contributed by atoms with Gasteiger partial charge in [0.2, 0.25) is 0 Å². The summed E-state index contributed by atoms with van der Waals surface area (Å²) in [5.74, 6) is -0.0532. The molecule has 0 fully saturated rings. The normalized spacial score (nSPS) is 14.5. The second-order valence-electron chi connectivity index (χ2n) is 8.48. The topological polar surface area (TPSA) is 81.4 Å². The summed E-state index contributed by atoms with van der Waals surface area (Å²) >= 11 is 0. The van der Waals surface area contributed by atoms with Crippen molar-refractivity contribution in [3.8, 4) is 11.5 Å². The first-order chi connectivity index (χ1) is 17.5. The van der Waals surface area contributed by atoms with E-state index < -0.39 is 18.0 Å². The fourth-order valence-corrected chi connectivity index (χ4v) is 4.61. The standard InChI is InChI=1S/C27H26FN5O3/c1-3-36-24(34)16-29-27(35)32-17-22-18(2)30-33(21-8-5-4-6-9-21)26(22)31-15-7-10-23(31)25(32)19-11-13-20(28)14-12-19/h4-15,25H,3,16-17H2,1-2H3,(H,29,35). The van der Waals surface area contributed by atoms with Gasteiger partial charge in [-0.1, -0.05) is 30.3 Å². The first-order valence-corrected chi connectivity index (χ1v) is 11.7. The number of halogens is 1. The van der Waals surface area contributed by atoms with E-state index in [0.717, 1.165) is 34.0 Å². The van der Waals surface area contributed by atoms with Gasteiger partial charge in [0.1, 0.15) is 18.2 Å². The number of urea groups is 1. The number of aryl methyl sites for hydroxylation is 1. The summed E-state index contributed by atoms with van der Waals surface area (Å²) in [6.07, 6.45) is 1.94. The number of nitrogens with zero attached hydrogens (tertiary/aromatic N) is 4. The van der Waals surface area contributed by atoms with Crippen molar-refractivity contribution in [2.45, 2.75) is 26.4 Å². The Morgan fingerprint density at radius 1 is 1.08 bits per heavy atom. The predicted octanol–water partition coefficient (Wildman–Crippen LogP) is 4.29. The van der Waals surface area contributed by atoms with Crippen molar-refractivity contribution >= 4 is 12.0 Å². The summed E-state index contributed by atoms with van der Waals surface area (Å²) in [5, 5.41) is 7.49. The zero-order valence-electron chi connectivity index (χ0n) is 20.0. The highest BCUT2D eigenvalue weighted by molar-refractivity contribution is 5.81. The second-order valence-corrected chi connectivity index (χ2v) is 8.48. The molecular formula is C27H26FN5O3. The summed E-state index contributed by atoms with van der Waals surface area (Å²) in [4.78, 5) is 27.1. The van der Waals surface area contributed by atoms with Crippen molar-refractivity contribution in [1.29, 1.82) is 0 Å². The van der Waals surface area contributed by atoms with Crippen LogP contribution in [-0.4, -0.2) is 44.4 Å². The van der Waals surface area contributed by atoms with E-state index in [0.29, 0.717) is 0 Å². The molecule has 0 bridgehead atoms. The Labute approximate surface area is 207 Å². The fraction of sp³-hybridized carbons (Fsp3) is 0.222. The third-order valence-corrected chi connectivity index (χ3v) is 6.22. The Balaban J connectivity index is 1.65. The number of rotatable bonds is 5. The van der Waals surface area contributed by atoms with Crippen molar-refractivity contribution in [3.05, 3.63) is 101 Å². The van der Waals surface area contributed by atoms with Gasteiger partial charge < -0.3 is 19.5 Å². The highest BCUT2D eigenvalue weighted by Gasteiger charge is 2.36. The van der Waals surface area contributed by atoms with Crippen molar-refractivity contribution in [3.63, 3.8) is 0 Å². The van der Waals surface area contributed by atoms with Gasteiger partial charge in [0.15, 0.2) is 0 Å². The number of nitrogens with one attached hydrogen (secondary N) is 1. The van der Waals surface area contributed by atoms with Crippen LogP contribution in [-0.2, 0) is 16.1 Å². The SMILES string of the molecule is CCOC(=O)CNC(=O)N1Cc2c(C)nn(-c3ccccc3)c2-n2cccc2C1c1ccc(F)cc1. The number of fused-ring (bicyclic) bond motifs is 3. The number of carbonyl (C=O) groups is 2. The lowest BCUT2D eigenvalue weighted by Gasteiger charge is -2.31. The maximum atomic E-state index is 13.8. The van der Waals surface area contributed by atoms with Crippen LogP contribution in [0.2, 0.25) is 0 Å². The number of para-hydroxylation sites is 1. The van der Waals surface area contributed by atoms with Crippen molar-refractivity contribution in [2.75, 3.05) is 13.2 Å². The number of benzene rings is 2. The van der Waals surface area contributed by atoms with Gasteiger partial charge >= 0.3 is 12.0 Å². The summed E-state index contributed by atoms with van der Waals surface area (Å²) in [5.41, 5.74) is 4.08. The van der Waals surface area contributed by atoms with E-state index in [9.17, 15) is 14.0 Å². The molecule has 0 saturated carbocycles. The van der Waals surface area contributed by atoms with Crippen LogP contribution in [0.15, 0.2) is 72.9 Å². The molecule has 36 heavy (non-hydrogen) atoms. The molecule has 0 spiro atoms. The molecule has 2 amide bonds. The summed E-state index contributed by atoms with van der Waals surface area (Å²) in [6, 6.07) is 18.8. The molecule has 0 radical (unpaired) electrons. The van der Waals surface area contributed by atoms with Gasteiger partial charge in [-0.05, 0) is 55.8 Å². The minimum Gasteiger partial charge on any atom is -0.465 e. The van der Waals surface area contributed by atoms with Crippen LogP contribution in [0.3, 0.4) is 0 Å². The molecule has 1 unspecified atom stereocenters. The molecular weight excluding hydrogens is 461 g/mol. The summed E-state index contributed by atoms with van der Waals surface area (Å²) < 4.78 is 22.7. The van der Waals surface area contributed by atoms with E-state index in [1.54, 1.807) is 24.0 Å². The van der Waals surface area contributed by atoms with Gasteiger partial charge in [-0.2, -0.15) is 5.10 Å². The average molecular weight is 488 g/mol. The maximum absolute atomic E-state index is 13.8.